The Bertz CT molecular complexity index is 629. The Morgan fingerprint density at radius 1 is 1.39 bits per heavy atom. The van der Waals surface area contributed by atoms with Crippen LogP contribution in [-0.4, -0.2) is 31.2 Å². The number of fused-ring (bicyclic) bond motifs is 1. The van der Waals surface area contributed by atoms with E-state index in [2.05, 4.69) is 5.32 Å². The summed E-state index contributed by atoms with van der Waals surface area (Å²) in [5, 5.41) is 11.8. The van der Waals surface area contributed by atoms with E-state index in [9.17, 15) is 18.0 Å². The first kappa shape index (κ1) is 13.0. The number of sulfone groups is 1. The van der Waals surface area contributed by atoms with Crippen molar-refractivity contribution in [2.45, 2.75) is 19.1 Å². The van der Waals surface area contributed by atoms with Crippen LogP contribution in [0.4, 0.5) is 5.00 Å². The average molecular weight is 289 g/mol. The zero-order valence-electron chi connectivity index (χ0n) is 9.52. The van der Waals surface area contributed by atoms with Gasteiger partial charge in [0.1, 0.15) is 5.00 Å². The van der Waals surface area contributed by atoms with Gasteiger partial charge in [0, 0.05) is 11.8 Å². The minimum Gasteiger partial charge on any atom is -0.478 e. The molecule has 0 radical (unpaired) electrons. The highest BCUT2D eigenvalue weighted by atomic mass is 32.2. The number of carbonyl (C=O) groups is 2. The lowest BCUT2D eigenvalue weighted by molar-refractivity contribution is -0.114. The molecule has 0 bridgehead atoms. The Labute approximate surface area is 108 Å². The van der Waals surface area contributed by atoms with E-state index in [-0.39, 0.29) is 34.4 Å². The molecule has 0 saturated carbocycles. The van der Waals surface area contributed by atoms with Crippen molar-refractivity contribution in [2.24, 2.45) is 0 Å². The van der Waals surface area contributed by atoms with Crippen molar-refractivity contribution in [2.75, 3.05) is 11.1 Å². The van der Waals surface area contributed by atoms with E-state index in [0.29, 0.717) is 10.4 Å². The Hall–Kier alpha value is -1.41. The van der Waals surface area contributed by atoms with Crippen molar-refractivity contribution in [3.63, 3.8) is 0 Å². The number of anilines is 1. The monoisotopic (exact) mass is 289 g/mol. The van der Waals surface area contributed by atoms with Crippen LogP contribution in [0.2, 0.25) is 0 Å². The number of nitrogens with one attached hydrogen (secondary N) is 1. The van der Waals surface area contributed by atoms with Crippen molar-refractivity contribution >= 4 is 38.1 Å². The first-order valence-electron chi connectivity index (χ1n) is 5.16. The van der Waals surface area contributed by atoms with Crippen LogP contribution >= 0.6 is 11.3 Å². The number of hydrogen-bond donors (Lipinski definition) is 2. The van der Waals surface area contributed by atoms with Crippen molar-refractivity contribution in [1.29, 1.82) is 0 Å². The first-order valence-corrected chi connectivity index (χ1v) is 7.80. The van der Waals surface area contributed by atoms with E-state index in [4.69, 9.17) is 5.11 Å². The van der Waals surface area contributed by atoms with Gasteiger partial charge in [0.2, 0.25) is 5.91 Å². The fraction of sp³-hybridized carbons (Fsp3) is 0.400. The minimum absolute atomic E-state index is 0.0279. The summed E-state index contributed by atoms with van der Waals surface area (Å²) in [5.41, 5.74) is 0.561. The van der Waals surface area contributed by atoms with Gasteiger partial charge in [-0.25, -0.2) is 13.2 Å². The summed E-state index contributed by atoms with van der Waals surface area (Å²) in [6.45, 7) is 1.28. The second kappa shape index (κ2) is 4.36. The molecule has 98 valence electrons. The van der Waals surface area contributed by atoms with Gasteiger partial charge in [-0.05, 0) is 12.0 Å². The van der Waals surface area contributed by atoms with Gasteiger partial charge in [0.25, 0.3) is 0 Å². The number of rotatable bonds is 2. The van der Waals surface area contributed by atoms with Crippen LogP contribution < -0.4 is 5.32 Å². The van der Waals surface area contributed by atoms with Crippen LogP contribution in [0.1, 0.15) is 27.7 Å². The van der Waals surface area contributed by atoms with E-state index in [0.717, 1.165) is 11.3 Å². The van der Waals surface area contributed by atoms with Crippen molar-refractivity contribution < 1.29 is 23.1 Å². The Morgan fingerprint density at radius 2 is 2.06 bits per heavy atom. The van der Waals surface area contributed by atoms with E-state index >= 15 is 0 Å². The molecule has 0 saturated heterocycles. The van der Waals surface area contributed by atoms with Gasteiger partial charge in [0.15, 0.2) is 9.84 Å². The molecule has 2 N–H and O–H groups in total. The molecule has 18 heavy (non-hydrogen) atoms. The number of hydrogen-bond acceptors (Lipinski definition) is 5. The predicted octanol–water partition coefficient (Wildman–Crippen LogP) is 0.876. The zero-order chi connectivity index (χ0) is 13.5. The van der Waals surface area contributed by atoms with Gasteiger partial charge in [-0.15, -0.1) is 11.3 Å². The number of carbonyl (C=O) groups excluding carboxylic acids is 1. The molecule has 1 aliphatic heterocycles. The third-order valence-corrected chi connectivity index (χ3v) is 5.49. The first-order chi connectivity index (χ1) is 8.30. The summed E-state index contributed by atoms with van der Waals surface area (Å²) in [5.74, 6) is -1.71. The molecule has 2 heterocycles. The summed E-state index contributed by atoms with van der Waals surface area (Å²) in [7, 11) is -3.15. The standard InChI is InChI=1S/C10H11NO5S2/c1-5(12)11-9-8(10(13)14)6-2-3-18(15,16)4-7(6)17-9/h2-4H2,1H3,(H,11,12)(H,13,14). The van der Waals surface area contributed by atoms with E-state index in [1.807, 2.05) is 0 Å². The number of carboxylic acid groups (broad SMARTS) is 1. The molecule has 0 aliphatic carbocycles. The fourth-order valence-corrected chi connectivity index (χ4v) is 4.99. The number of amides is 1. The Morgan fingerprint density at radius 3 is 2.61 bits per heavy atom. The molecule has 0 aromatic carbocycles. The highest BCUT2D eigenvalue weighted by molar-refractivity contribution is 7.90. The minimum atomic E-state index is -3.15. The second-order valence-electron chi connectivity index (χ2n) is 4.04. The van der Waals surface area contributed by atoms with E-state index < -0.39 is 15.8 Å². The lowest BCUT2D eigenvalue weighted by Gasteiger charge is -2.12. The molecule has 0 unspecified atom stereocenters. The molecule has 1 aromatic heterocycles. The smallest absolute Gasteiger partial charge is 0.339 e. The molecule has 1 aromatic rings. The van der Waals surface area contributed by atoms with Gasteiger partial charge in [0.05, 0.1) is 17.1 Å². The summed E-state index contributed by atoms with van der Waals surface area (Å²) < 4.78 is 23.0. The Kier molecular flexibility index (Phi) is 3.16. The van der Waals surface area contributed by atoms with Crippen LogP contribution in [0.15, 0.2) is 0 Å². The number of thiophene rings is 1. The summed E-state index contributed by atoms with van der Waals surface area (Å²) in [6.07, 6.45) is 0.190. The van der Waals surface area contributed by atoms with Crippen LogP contribution in [0.3, 0.4) is 0 Å². The van der Waals surface area contributed by atoms with E-state index in [1.165, 1.54) is 6.92 Å². The molecule has 1 amide bonds. The van der Waals surface area contributed by atoms with Crippen LogP contribution in [-0.2, 0) is 26.8 Å². The molecule has 1 aliphatic rings. The van der Waals surface area contributed by atoms with Gasteiger partial charge in [-0.3, -0.25) is 4.79 Å². The molecule has 0 spiro atoms. The lowest BCUT2D eigenvalue weighted by atomic mass is 10.1. The summed E-state index contributed by atoms with van der Waals surface area (Å²) in [4.78, 5) is 22.7. The highest BCUT2D eigenvalue weighted by Gasteiger charge is 2.30. The van der Waals surface area contributed by atoms with Gasteiger partial charge in [-0.1, -0.05) is 0 Å². The maximum Gasteiger partial charge on any atom is 0.339 e. The molecule has 6 nitrogen and oxygen atoms in total. The average Bonchev–Trinajstić information content (AvgIpc) is 2.51. The zero-order valence-corrected chi connectivity index (χ0v) is 11.2. The normalized spacial score (nSPS) is 16.9. The molecule has 8 heteroatoms. The summed E-state index contributed by atoms with van der Waals surface area (Å²) in [6, 6.07) is 0. The third-order valence-electron chi connectivity index (χ3n) is 2.61. The number of aromatic carboxylic acids is 1. The molecule has 0 atom stereocenters. The van der Waals surface area contributed by atoms with Crippen molar-refractivity contribution in [3.05, 3.63) is 16.0 Å². The molecular weight excluding hydrogens is 278 g/mol. The highest BCUT2D eigenvalue weighted by Crippen LogP contribution is 2.37. The maximum absolute atomic E-state index is 11.5. The van der Waals surface area contributed by atoms with Crippen molar-refractivity contribution in [1.82, 2.24) is 0 Å². The Balaban J connectivity index is 2.54. The molecular formula is C10H11NO5S2. The fourth-order valence-electron chi connectivity index (χ4n) is 1.90. The van der Waals surface area contributed by atoms with Gasteiger partial charge < -0.3 is 10.4 Å². The van der Waals surface area contributed by atoms with Crippen LogP contribution in [0.25, 0.3) is 0 Å². The lowest BCUT2D eigenvalue weighted by Crippen LogP contribution is -2.19. The third kappa shape index (κ3) is 2.39. The largest absolute Gasteiger partial charge is 0.478 e. The van der Waals surface area contributed by atoms with Crippen LogP contribution in [0.5, 0.6) is 0 Å². The van der Waals surface area contributed by atoms with Gasteiger partial charge >= 0.3 is 5.97 Å². The van der Waals surface area contributed by atoms with Gasteiger partial charge in [-0.2, -0.15) is 0 Å². The van der Waals surface area contributed by atoms with Crippen LogP contribution in [0, 0.1) is 0 Å². The second-order valence-corrected chi connectivity index (χ2v) is 7.33. The van der Waals surface area contributed by atoms with Crippen molar-refractivity contribution in [3.8, 4) is 0 Å². The van der Waals surface area contributed by atoms with E-state index in [1.54, 1.807) is 0 Å². The molecule has 2 rings (SSSR count). The number of carboxylic acids is 1. The predicted molar refractivity (Wildman–Crippen MR) is 66.8 cm³/mol. The summed E-state index contributed by atoms with van der Waals surface area (Å²) >= 11 is 1.03. The maximum atomic E-state index is 11.5. The molecule has 0 fully saturated rings. The quantitative estimate of drug-likeness (QED) is 0.841. The topological polar surface area (TPSA) is 101 Å². The SMILES string of the molecule is CC(=O)Nc1sc2c(c1C(=O)O)CCS(=O)(=O)C2.